The van der Waals surface area contributed by atoms with Crippen LogP contribution in [0.3, 0.4) is 0 Å². The van der Waals surface area contributed by atoms with Gasteiger partial charge in [-0.2, -0.15) is 0 Å². The van der Waals surface area contributed by atoms with Gasteiger partial charge in [-0.25, -0.2) is 4.98 Å². The summed E-state index contributed by atoms with van der Waals surface area (Å²) in [6, 6.07) is 7.03. The van der Waals surface area contributed by atoms with Crippen molar-refractivity contribution in [2.24, 2.45) is 0 Å². The van der Waals surface area contributed by atoms with Crippen LogP contribution in [0.25, 0.3) is 10.2 Å². The van der Waals surface area contributed by atoms with Crippen LogP contribution >= 0.6 is 27.3 Å². The Hall–Kier alpha value is -1.99. The predicted octanol–water partition coefficient (Wildman–Crippen LogP) is 3.29. The average Bonchev–Trinajstić information content (AvgIpc) is 2.80. The van der Waals surface area contributed by atoms with Crippen LogP contribution in [-0.2, 0) is 0 Å². The topological polar surface area (TPSA) is 80.9 Å². The van der Waals surface area contributed by atoms with Gasteiger partial charge in [0.05, 0.1) is 20.4 Å². The molecule has 1 aromatic carbocycles. The van der Waals surface area contributed by atoms with Gasteiger partial charge in [0.15, 0.2) is 5.13 Å². The van der Waals surface area contributed by atoms with E-state index in [2.05, 4.69) is 31.2 Å². The summed E-state index contributed by atoms with van der Waals surface area (Å²) in [5.74, 6) is -0.189. The third-order valence-electron chi connectivity index (χ3n) is 2.69. The SMILES string of the molecule is Nc1nc2ccc(C(=O)Nc3ccncc3Br)cc2s1. The van der Waals surface area contributed by atoms with E-state index >= 15 is 0 Å². The van der Waals surface area contributed by atoms with Crippen LogP contribution in [0.5, 0.6) is 0 Å². The number of pyridine rings is 1. The van der Waals surface area contributed by atoms with E-state index in [-0.39, 0.29) is 5.91 Å². The molecule has 0 aliphatic carbocycles. The second-order valence-corrected chi connectivity index (χ2v) is 5.96. The molecule has 2 aromatic heterocycles. The van der Waals surface area contributed by atoms with Crippen LogP contribution in [-0.4, -0.2) is 15.9 Å². The fourth-order valence-corrected chi connectivity index (χ4v) is 2.88. The minimum Gasteiger partial charge on any atom is -0.375 e. The number of nitrogens with two attached hydrogens (primary N) is 1. The van der Waals surface area contributed by atoms with E-state index in [1.807, 2.05) is 0 Å². The van der Waals surface area contributed by atoms with Gasteiger partial charge < -0.3 is 11.1 Å². The van der Waals surface area contributed by atoms with Gasteiger partial charge in [-0.05, 0) is 40.2 Å². The molecule has 3 N–H and O–H groups in total. The zero-order valence-electron chi connectivity index (χ0n) is 10.1. The average molecular weight is 349 g/mol. The fourth-order valence-electron chi connectivity index (χ4n) is 1.75. The number of anilines is 2. The first-order valence-corrected chi connectivity index (χ1v) is 7.31. The van der Waals surface area contributed by atoms with Gasteiger partial charge in [0.25, 0.3) is 5.91 Å². The highest BCUT2D eigenvalue weighted by Gasteiger charge is 2.10. The van der Waals surface area contributed by atoms with Gasteiger partial charge in [0, 0.05) is 18.0 Å². The maximum atomic E-state index is 12.2. The molecular weight excluding hydrogens is 340 g/mol. The summed E-state index contributed by atoms with van der Waals surface area (Å²) in [6.45, 7) is 0. The number of nitrogens with zero attached hydrogens (tertiary/aromatic N) is 2. The summed E-state index contributed by atoms with van der Waals surface area (Å²) < 4.78 is 1.63. The molecule has 3 rings (SSSR count). The minimum atomic E-state index is -0.189. The predicted molar refractivity (Wildman–Crippen MR) is 83.9 cm³/mol. The largest absolute Gasteiger partial charge is 0.375 e. The van der Waals surface area contributed by atoms with Gasteiger partial charge in [-0.15, -0.1) is 0 Å². The maximum absolute atomic E-state index is 12.2. The standard InChI is InChI=1S/C13H9BrN4OS/c14-8-6-16-4-3-9(8)17-12(19)7-1-2-10-11(5-7)20-13(15)18-10/h1-6H,(H2,15,18)(H,16,17,19). The Morgan fingerprint density at radius 2 is 2.20 bits per heavy atom. The zero-order valence-corrected chi connectivity index (χ0v) is 12.5. The van der Waals surface area contributed by atoms with Crippen LogP contribution in [0.1, 0.15) is 10.4 Å². The lowest BCUT2D eigenvalue weighted by Gasteiger charge is -2.06. The number of hydrogen-bond donors (Lipinski definition) is 2. The van der Waals surface area contributed by atoms with Gasteiger partial charge in [0.2, 0.25) is 0 Å². The Morgan fingerprint density at radius 3 is 3.00 bits per heavy atom. The van der Waals surface area contributed by atoms with Crippen LogP contribution in [0.4, 0.5) is 10.8 Å². The smallest absolute Gasteiger partial charge is 0.255 e. The van der Waals surface area contributed by atoms with Crippen molar-refractivity contribution in [2.45, 2.75) is 0 Å². The number of hydrogen-bond acceptors (Lipinski definition) is 5. The van der Waals surface area contributed by atoms with Crippen LogP contribution in [0, 0.1) is 0 Å². The lowest BCUT2D eigenvalue weighted by atomic mass is 10.2. The molecule has 0 fully saturated rings. The molecule has 7 heteroatoms. The van der Waals surface area contributed by atoms with Crippen molar-refractivity contribution in [1.82, 2.24) is 9.97 Å². The van der Waals surface area contributed by atoms with Crippen LogP contribution in [0.15, 0.2) is 41.1 Å². The number of amides is 1. The Kier molecular flexibility index (Phi) is 3.37. The first kappa shape index (κ1) is 13.0. The highest BCUT2D eigenvalue weighted by molar-refractivity contribution is 9.10. The highest BCUT2D eigenvalue weighted by Crippen LogP contribution is 2.25. The molecule has 20 heavy (non-hydrogen) atoms. The van der Waals surface area contributed by atoms with E-state index in [9.17, 15) is 4.79 Å². The molecule has 0 aliphatic heterocycles. The van der Waals surface area contributed by atoms with Crippen molar-refractivity contribution in [1.29, 1.82) is 0 Å². The highest BCUT2D eigenvalue weighted by atomic mass is 79.9. The number of carbonyl (C=O) groups is 1. The summed E-state index contributed by atoms with van der Waals surface area (Å²) in [5, 5.41) is 3.32. The van der Waals surface area contributed by atoms with Gasteiger partial charge in [-0.3, -0.25) is 9.78 Å². The van der Waals surface area contributed by atoms with Crippen molar-refractivity contribution < 1.29 is 4.79 Å². The number of thiazole rings is 1. The fraction of sp³-hybridized carbons (Fsp3) is 0. The molecule has 0 unspecified atom stereocenters. The Morgan fingerprint density at radius 1 is 1.35 bits per heavy atom. The molecule has 0 spiro atoms. The summed E-state index contributed by atoms with van der Waals surface area (Å²) in [7, 11) is 0. The van der Waals surface area contributed by atoms with Crippen molar-refractivity contribution in [2.75, 3.05) is 11.1 Å². The normalized spacial score (nSPS) is 10.7. The lowest BCUT2D eigenvalue weighted by molar-refractivity contribution is 0.102. The minimum absolute atomic E-state index is 0.189. The van der Waals surface area contributed by atoms with E-state index in [1.54, 1.807) is 36.7 Å². The van der Waals surface area contributed by atoms with Crippen molar-refractivity contribution in [3.8, 4) is 0 Å². The number of aromatic nitrogens is 2. The molecule has 0 atom stereocenters. The number of halogens is 1. The van der Waals surface area contributed by atoms with Crippen molar-refractivity contribution >= 4 is 54.2 Å². The molecule has 0 radical (unpaired) electrons. The summed E-state index contributed by atoms with van der Waals surface area (Å²) in [6.07, 6.45) is 3.25. The number of nitrogens with one attached hydrogen (secondary N) is 1. The number of carbonyl (C=O) groups excluding carboxylic acids is 1. The van der Waals surface area contributed by atoms with E-state index in [1.165, 1.54) is 11.3 Å². The zero-order chi connectivity index (χ0) is 14.1. The Labute approximate surface area is 127 Å². The second kappa shape index (κ2) is 5.18. The van der Waals surface area contributed by atoms with Crippen LogP contribution < -0.4 is 11.1 Å². The van der Waals surface area contributed by atoms with Crippen molar-refractivity contribution in [3.05, 3.63) is 46.7 Å². The Bertz CT molecular complexity index is 802. The molecule has 0 aliphatic rings. The van der Waals surface area contributed by atoms with Crippen molar-refractivity contribution in [3.63, 3.8) is 0 Å². The van der Waals surface area contributed by atoms with E-state index in [0.29, 0.717) is 16.4 Å². The number of benzene rings is 1. The number of rotatable bonds is 2. The summed E-state index contributed by atoms with van der Waals surface area (Å²) >= 11 is 4.70. The first-order chi connectivity index (χ1) is 9.63. The third-order valence-corrected chi connectivity index (χ3v) is 4.17. The van der Waals surface area contributed by atoms with E-state index < -0.39 is 0 Å². The molecule has 2 heterocycles. The van der Waals surface area contributed by atoms with Gasteiger partial charge in [0.1, 0.15) is 0 Å². The molecule has 5 nitrogen and oxygen atoms in total. The summed E-state index contributed by atoms with van der Waals surface area (Å²) in [5.41, 5.74) is 7.69. The van der Waals surface area contributed by atoms with E-state index in [0.717, 1.165) is 14.7 Å². The molecule has 0 bridgehead atoms. The van der Waals surface area contributed by atoms with Gasteiger partial charge >= 0.3 is 0 Å². The molecule has 0 saturated heterocycles. The van der Waals surface area contributed by atoms with Gasteiger partial charge in [-0.1, -0.05) is 11.3 Å². The monoisotopic (exact) mass is 348 g/mol. The number of nitrogen functional groups attached to an aromatic ring is 1. The molecule has 100 valence electrons. The maximum Gasteiger partial charge on any atom is 0.255 e. The third kappa shape index (κ3) is 2.50. The molecule has 3 aromatic rings. The summed E-state index contributed by atoms with van der Waals surface area (Å²) in [4.78, 5) is 20.3. The second-order valence-electron chi connectivity index (χ2n) is 4.04. The molecule has 1 amide bonds. The molecular formula is C13H9BrN4OS. The lowest BCUT2D eigenvalue weighted by Crippen LogP contribution is -2.12. The van der Waals surface area contributed by atoms with Crippen LogP contribution in [0.2, 0.25) is 0 Å². The van der Waals surface area contributed by atoms with E-state index in [4.69, 9.17) is 5.73 Å². The quantitative estimate of drug-likeness (QED) is 0.744. The first-order valence-electron chi connectivity index (χ1n) is 5.70. The Balaban J connectivity index is 1.90. The number of fused-ring (bicyclic) bond motifs is 1. The molecule has 0 saturated carbocycles.